The van der Waals surface area contributed by atoms with E-state index in [0.29, 0.717) is 29.4 Å². The van der Waals surface area contributed by atoms with E-state index in [1.807, 2.05) is 0 Å². The molecule has 0 aliphatic rings. The Hall–Kier alpha value is -1.50. The summed E-state index contributed by atoms with van der Waals surface area (Å²) in [7, 11) is 3.32. The number of carbonyl (C=O) groups is 2. The van der Waals surface area contributed by atoms with Gasteiger partial charge in [0.05, 0.1) is 22.9 Å². The molecule has 0 aliphatic heterocycles. The minimum Gasteiger partial charge on any atom is -0.397 e. The Labute approximate surface area is 133 Å². The van der Waals surface area contributed by atoms with Gasteiger partial charge in [-0.1, -0.05) is 23.2 Å². The number of nitrogen functional groups attached to an aromatic ring is 1. The molecule has 2 amide bonds. The number of anilines is 2. The zero-order chi connectivity index (χ0) is 16.0. The van der Waals surface area contributed by atoms with E-state index in [4.69, 9.17) is 28.9 Å². The summed E-state index contributed by atoms with van der Waals surface area (Å²) in [4.78, 5) is 24.8. The van der Waals surface area contributed by atoms with Crippen molar-refractivity contribution < 1.29 is 9.59 Å². The van der Waals surface area contributed by atoms with Gasteiger partial charge in [-0.3, -0.25) is 14.5 Å². The van der Waals surface area contributed by atoms with E-state index in [9.17, 15) is 9.59 Å². The van der Waals surface area contributed by atoms with E-state index >= 15 is 0 Å². The maximum atomic E-state index is 11.9. The number of amides is 2. The van der Waals surface area contributed by atoms with Gasteiger partial charge in [-0.25, -0.2) is 0 Å². The molecule has 0 fully saturated rings. The molecule has 0 atom stereocenters. The minimum absolute atomic E-state index is 0.0766. The molecule has 0 radical (unpaired) electrons. The fourth-order valence-corrected chi connectivity index (χ4v) is 2.20. The predicted octanol–water partition coefficient (Wildman–Crippen LogP) is 1.58. The molecule has 0 aliphatic carbocycles. The molecule has 1 aromatic carbocycles. The monoisotopic (exact) mass is 332 g/mol. The minimum atomic E-state index is -0.273. The van der Waals surface area contributed by atoms with E-state index in [2.05, 4.69) is 10.6 Å². The van der Waals surface area contributed by atoms with Crippen LogP contribution in [0.4, 0.5) is 11.4 Å². The summed E-state index contributed by atoms with van der Waals surface area (Å²) in [6.07, 6.45) is 0.324. The van der Waals surface area contributed by atoms with Gasteiger partial charge < -0.3 is 16.4 Å². The van der Waals surface area contributed by atoms with Crippen molar-refractivity contribution in [3.05, 3.63) is 22.2 Å². The first-order valence-corrected chi connectivity index (χ1v) is 7.02. The number of hydrogen-bond acceptors (Lipinski definition) is 4. The fraction of sp³-hybridized carbons (Fsp3) is 0.385. The van der Waals surface area contributed by atoms with Crippen LogP contribution in [0.5, 0.6) is 0 Å². The van der Waals surface area contributed by atoms with Gasteiger partial charge in [0.2, 0.25) is 11.8 Å². The van der Waals surface area contributed by atoms with Crippen molar-refractivity contribution in [3.8, 4) is 0 Å². The Morgan fingerprint density at radius 1 is 1.29 bits per heavy atom. The average Bonchev–Trinajstić information content (AvgIpc) is 2.40. The number of rotatable bonds is 6. The lowest BCUT2D eigenvalue weighted by atomic mass is 10.2. The number of nitrogens with two attached hydrogens (primary N) is 1. The number of nitrogens with one attached hydrogen (secondary N) is 2. The molecule has 0 saturated carbocycles. The lowest BCUT2D eigenvalue weighted by Gasteiger charge is -2.17. The number of hydrogen-bond donors (Lipinski definition) is 3. The van der Waals surface area contributed by atoms with Gasteiger partial charge in [-0.05, 0) is 19.2 Å². The Morgan fingerprint density at radius 2 is 1.95 bits per heavy atom. The predicted molar refractivity (Wildman–Crippen MR) is 85.7 cm³/mol. The average molecular weight is 333 g/mol. The van der Waals surface area contributed by atoms with Crippen molar-refractivity contribution in [3.63, 3.8) is 0 Å². The van der Waals surface area contributed by atoms with Gasteiger partial charge in [0.1, 0.15) is 0 Å². The number of carbonyl (C=O) groups excluding carboxylic acids is 2. The summed E-state index contributed by atoms with van der Waals surface area (Å²) in [6.45, 7) is 0.590. The second kappa shape index (κ2) is 8.07. The van der Waals surface area contributed by atoms with E-state index in [-0.39, 0.29) is 23.4 Å². The molecular formula is C13H18Cl2N4O2. The molecule has 6 nitrogen and oxygen atoms in total. The molecule has 1 rings (SSSR count). The van der Waals surface area contributed by atoms with Crippen LogP contribution < -0.4 is 16.4 Å². The zero-order valence-electron chi connectivity index (χ0n) is 11.9. The maximum absolute atomic E-state index is 11.9. The highest BCUT2D eigenvalue weighted by Crippen LogP contribution is 2.31. The van der Waals surface area contributed by atoms with E-state index in [0.717, 1.165) is 0 Å². The highest BCUT2D eigenvalue weighted by atomic mass is 35.5. The van der Waals surface area contributed by atoms with Crippen LogP contribution in [-0.2, 0) is 9.59 Å². The van der Waals surface area contributed by atoms with Gasteiger partial charge in [0.15, 0.2) is 0 Å². The Morgan fingerprint density at radius 3 is 2.52 bits per heavy atom. The second-order valence-electron chi connectivity index (χ2n) is 4.56. The third-order valence-corrected chi connectivity index (χ3v) is 3.28. The molecule has 0 unspecified atom stereocenters. The normalized spacial score (nSPS) is 10.5. The summed E-state index contributed by atoms with van der Waals surface area (Å²) in [5.41, 5.74) is 6.41. The maximum Gasteiger partial charge on any atom is 0.238 e. The first-order chi connectivity index (χ1) is 9.83. The van der Waals surface area contributed by atoms with Crippen molar-refractivity contribution in [2.45, 2.75) is 6.42 Å². The fourth-order valence-electron chi connectivity index (χ4n) is 1.65. The van der Waals surface area contributed by atoms with Crippen LogP contribution >= 0.6 is 23.2 Å². The van der Waals surface area contributed by atoms with E-state index < -0.39 is 0 Å². The topological polar surface area (TPSA) is 87.5 Å². The third kappa shape index (κ3) is 5.79. The van der Waals surface area contributed by atoms with Crippen LogP contribution in [-0.4, -0.2) is 43.9 Å². The summed E-state index contributed by atoms with van der Waals surface area (Å²) in [5.74, 6) is -0.349. The molecule has 116 valence electrons. The summed E-state index contributed by atoms with van der Waals surface area (Å²) in [6, 6.07) is 3.02. The molecule has 0 bridgehead atoms. The van der Waals surface area contributed by atoms with Crippen molar-refractivity contribution in [1.82, 2.24) is 10.2 Å². The van der Waals surface area contributed by atoms with Crippen LogP contribution in [0.15, 0.2) is 12.1 Å². The van der Waals surface area contributed by atoms with Crippen LogP contribution in [0.2, 0.25) is 10.0 Å². The van der Waals surface area contributed by atoms with Crippen LogP contribution in [0.1, 0.15) is 6.42 Å². The Bertz CT molecular complexity index is 514. The highest BCUT2D eigenvalue weighted by molar-refractivity contribution is 6.37. The highest BCUT2D eigenvalue weighted by Gasteiger charge is 2.13. The molecule has 8 heteroatoms. The molecule has 0 spiro atoms. The summed E-state index contributed by atoms with van der Waals surface area (Å²) >= 11 is 11.8. The van der Waals surface area contributed by atoms with Crippen LogP contribution in [0, 0.1) is 0 Å². The molecule has 0 saturated heterocycles. The SMILES string of the molecule is CNC(=O)CCN(C)CC(=O)Nc1c(N)cc(Cl)cc1Cl. The van der Waals surface area contributed by atoms with Crippen LogP contribution in [0.3, 0.4) is 0 Å². The van der Waals surface area contributed by atoms with Gasteiger partial charge in [0, 0.05) is 25.0 Å². The summed E-state index contributed by atoms with van der Waals surface area (Å²) in [5, 5.41) is 5.84. The quantitative estimate of drug-likeness (QED) is 0.690. The Kier molecular flexibility index (Phi) is 6.74. The van der Waals surface area contributed by atoms with Gasteiger partial charge in [-0.2, -0.15) is 0 Å². The van der Waals surface area contributed by atoms with Crippen molar-refractivity contribution >= 4 is 46.4 Å². The van der Waals surface area contributed by atoms with Gasteiger partial charge >= 0.3 is 0 Å². The first kappa shape index (κ1) is 17.6. The Balaban J connectivity index is 2.56. The molecule has 1 aromatic rings. The van der Waals surface area contributed by atoms with Crippen LogP contribution in [0.25, 0.3) is 0 Å². The third-order valence-electron chi connectivity index (χ3n) is 2.76. The first-order valence-electron chi connectivity index (χ1n) is 6.27. The number of benzene rings is 1. The molecular weight excluding hydrogens is 315 g/mol. The van der Waals surface area contributed by atoms with Crippen molar-refractivity contribution in [2.75, 3.05) is 38.2 Å². The van der Waals surface area contributed by atoms with E-state index in [1.54, 1.807) is 19.0 Å². The zero-order valence-corrected chi connectivity index (χ0v) is 13.4. The largest absolute Gasteiger partial charge is 0.397 e. The molecule has 4 N–H and O–H groups in total. The summed E-state index contributed by atoms with van der Waals surface area (Å²) < 4.78 is 0. The van der Waals surface area contributed by atoms with Crippen molar-refractivity contribution in [2.24, 2.45) is 0 Å². The standard InChI is InChI=1S/C13H18Cl2N4O2/c1-17-11(20)3-4-19(2)7-12(21)18-13-9(15)5-8(14)6-10(13)16/h5-6H,3-4,7,16H2,1-2H3,(H,17,20)(H,18,21). The van der Waals surface area contributed by atoms with Gasteiger partial charge in [-0.15, -0.1) is 0 Å². The second-order valence-corrected chi connectivity index (χ2v) is 5.40. The number of likely N-dealkylation sites (N-methyl/N-ethyl adjacent to an activating group) is 1. The number of halogens is 2. The number of nitrogens with zero attached hydrogens (tertiary/aromatic N) is 1. The smallest absolute Gasteiger partial charge is 0.238 e. The molecule has 21 heavy (non-hydrogen) atoms. The lowest BCUT2D eigenvalue weighted by Crippen LogP contribution is -2.33. The van der Waals surface area contributed by atoms with Crippen molar-refractivity contribution in [1.29, 1.82) is 0 Å². The molecule has 0 aromatic heterocycles. The lowest BCUT2D eigenvalue weighted by molar-refractivity contribution is -0.122. The van der Waals surface area contributed by atoms with E-state index in [1.165, 1.54) is 12.1 Å². The van der Waals surface area contributed by atoms with Gasteiger partial charge in [0.25, 0.3) is 0 Å². The molecule has 0 heterocycles.